The van der Waals surface area contributed by atoms with Gasteiger partial charge in [-0.2, -0.15) is 0 Å². The highest BCUT2D eigenvalue weighted by molar-refractivity contribution is 7.71. The second-order valence-electron chi connectivity index (χ2n) is 4.57. The lowest BCUT2D eigenvalue weighted by Crippen LogP contribution is -2.12. The monoisotopic (exact) mass is 276 g/mol. The lowest BCUT2D eigenvalue weighted by atomic mass is 10.2. The standard InChI is InChI=1S/C13H13FN4S/c1-9(7-17-5-4-15-8-17)18-12-6-10(14)2-3-11(12)16-13(18)19/h2-6,8-9H,7H2,1H3,(H,16,19). The molecule has 1 N–H and O–H groups in total. The average molecular weight is 276 g/mol. The van der Waals surface area contributed by atoms with Crippen molar-refractivity contribution >= 4 is 23.3 Å². The van der Waals surface area contributed by atoms with Gasteiger partial charge in [0.2, 0.25) is 0 Å². The minimum absolute atomic E-state index is 0.109. The van der Waals surface area contributed by atoms with Crippen molar-refractivity contribution in [1.29, 1.82) is 0 Å². The molecule has 1 unspecified atom stereocenters. The largest absolute Gasteiger partial charge is 0.335 e. The summed E-state index contributed by atoms with van der Waals surface area (Å²) >= 11 is 5.33. The van der Waals surface area contributed by atoms with Gasteiger partial charge in [0, 0.05) is 18.9 Å². The zero-order valence-electron chi connectivity index (χ0n) is 10.4. The van der Waals surface area contributed by atoms with E-state index in [1.807, 2.05) is 22.3 Å². The number of hydrogen-bond acceptors (Lipinski definition) is 2. The van der Waals surface area contributed by atoms with Gasteiger partial charge in [-0.1, -0.05) is 0 Å². The summed E-state index contributed by atoms with van der Waals surface area (Å²) in [7, 11) is 0. The average Bonchev–Trinajstić information content (AvgIpc) is 2.95. The van der Waals surface area contributed by atoms with Crippen LogP contribution >= 0.6 is 12.2 Å². The number of hydrogen-bond donors (Lipinski definition) is 1. The Labute approximate surface area is 114 Å². The zero-order valence-corrected chi connectivity index (χ0v) is 11.2. The van der Waals surface area contributed by atoms with Crippen LogP contribution in [0.5, 0.6) is 0 Å². The van der Waals surface area contributed by atoms with Crippen LogP contribution in [0.3, 0.4) is 0 Å². The number of benzene rings is 1. The van der Waals surface area contributed by atoms with E-state index in [-0.39, 0.29) is 11.9 Å². The number of fused-ring (bicyclic) bond motifs is 1. The van der Waals surface area contributed by atoms with E-state index in [2.05, 4.69) is 9.97 Å². The highest BCUT2D eigenvalue weighted by Crippen LogP contribution is 2.21. The third-order valence-electron chi connectivity index (χ3n) is 3.15. The first-order valence-electron chi connectivity index (χ1n) is 6.00. The van der Waals surface area contributed by atoms with E-state index in [4.69, 9.17) is 12.2 Å². The molecule has 0 bridgehead atoms. The van der Waals surface area contributed by atoms with Crippen molar-refractivity contribution in [1.82, 2.24) is 19.1 Å². The third-order valence-corrected chi connectivity index (χ3v) is 3.45. The predicted molar refractivity (Wildman–Crippen MR) is 74.0 cm³/mol. The Hall–Kier alpha value is -1.95. The SMILES string of the molecule is CC(Cn1ccnc1)n1c(=S)[nH]c2ccc(F)cc21. The zero-order chi connectivity index (χ0) is 13.4. The van der Waals surface area contributed by atoms with E-state index in [1.165, 1.54) is 12.1 Å². The maximum Gasteiger partial charge on any atom is 0.178 e. The van der Waals surface area contributed by atoms with Crippen LogP contribution in [0.1, 0.15) is 13.0 Å². The summed E-state index contributed by atoms with van der Waals surface area (Å²) in [5.41, 5.74) is 1.64. The molecule has 98 valence electrons. The lowest BCUT2D eigenvalue weighted by Gasteiger charge is -2.15. The van der Waals surface area contributed by atoms with E-state index in [0.29, 0.717) is 4.77 Å². The molecule has 0 saturated carbocycles. The maximum absolute atomic E-state index is 13.4. The van der Waals surface area contributed by atoms with Gasteiger partial charge >= 0.3 is 0 Å². The van der Waals surface area contributed by atoms with Gasteiger partial charge in [-0.3, -0.25) is 0 Å². The minimum atomic E-state index is -0.259. The normalized spacial score (nSPS) is 12.9. The van der Waals surface area contributed by atoms with Gasteiger partial charge in [0.25, 0.3) is 0 Å². The molecule has 0 spiro atoms. The van der Waals surface area contributed by atoms with Gasteiger partial charge in [-0.15, -0.1) is 0 Å². The molecule has 2 aromatic heterocycles. The quantitative estimate of drug-likeness (QED) is 0.745. The molecule has 0 aliphatic rings. The van der Waals surface area contributed by atoms with Crippen molar-refractivity contribution in [3.05, 3.63) is 47.5 Å². The number of nitrogens with zero attached hydrogens (tertiary/aromatic N) is 3. The summed E-state index contributed by atoms with van der Waals surface area (Å²) in [4.78, 5) is 7.12. The van der Waals surface area contributed by atoms with Gasteiger partial charge in [0.1, 0.15) is 5.82 Å². The first-order chi connectivity index (χ1) is 9.15. The first-order valence-corrected chi connectivity index (χ1v) is 6.41. The Bertz CT molecular complexity index is 757. The van der Waals surface area contributed by atoms with E-state index in [0.717, 1.165) is 17.6 Å². The molecule has 6 heteroatoms. The Balaban J connectivity index is 2.06. The summed E-state index contributed by atoms with van der Waals surface area (Å²) in [6.45, 7) is 2.78. The van der Waals surface area contributed by atoms with Crippen molar-refractivity contribution in [3.63, 3.8) is 0 Å². The predicted octanol–water partition coefficient (Wildman–Crippen LogP) is 3.30. The number of aromatic amines is 1. The van der Waals surface area contributed by atoms with Crippen LogP contribution in [-0.4, -0.2) is 19.1 Å². The van der Waals surface area contributed by atoms with Gasteiger partial charge in [0.05, 0.1) is 23.4 Å². The molecule has 4 nitrogen and oxygen atoms in total. The number of rotatable bonds is 3. The van der Waals surface area contributed by atoms with Gasteiger partial charge in [0.15, 0.2) is 4.77 Å². The van der Waals surface area contributed by atoms with E-state index < -0.39 is 0 Å². The van der Waals surface area contributed by atoms with Crippen molar-refractivity contribution in [2.45, 2.75) is 19.5 Å². The fourth-order valence-electron chi connectivity index (χ4n) is 2.31. The molecule has 3 aromatic rings. The smallest absolute Gasteiger partial charge is 0.178 e. The lowest BCUT2D eigenvalue weighted by molar-refractivity contribution is 0.469. The molecular formula is C13H13FN4S. The Morgan fingerprint density at radius 3 is 3.05 bits per heavy atom. The summed E-state index contributed by atoms with van der Waals surface area (Å²) < 4.78 is 17.9. The first kappa shape index (κ1) is 12.1. The summed E-state index contributed by atoms with van der Waals surface area (Å²) in [5, 5.41) is 0. The number of imidazole rings is 2. The molecular weight excluding hydrogens is 263 g/mol. The van der Waals surface area contributed by atoms with Crippen LogP contribution in [0.4, 0.5) is 4.39 Å². The fourth-order valence-corrected chi connectivity index (χ4v) is 2.70. The molecule has 1 aromatic carbocycles. The third kappa shape index (κ3) is 2.19. The molecule has 1 atom stereocenters. The van der Waals surface area contributed by atoms with E-state index >= 15 is 0 Å². The Kier molecular flexibility index (Phi) is 2.94. The van der Waals surface area contributed by atoms with Gasteiger partial charge < -0.3 is 14.1 Å². The fraction of sp³-hybridized carbons (Fsp3) is 0.231. The summed E-state index contributed by atoms with van der Waals surface area (Å²) in [6.07, 6.45) is 5.39. The topological polar surface area (TPSA) is 38.5 Å². The second kappa shape index (κ2) is 4.62. The van der Waals surface area contributed by atoms with Crippen LogP contribution in [0.15, 0.2) is 36.9 Å². The number of aromatic nitrogens is 4. The van der Waals surface area contributed by atoms with Crippen LogP contribution < -0.4 is 0 Å². The Morgan fingerprint density at radius 1 is 1.47 bits per heavy atom. The molecule has 0 saturated heterocycles. The molecule has 0 fully saturated rings. The van der Waals surface area contributed by atoms with Crippen LogP contribution in [0, 0.1) is 10.6 Å². The molecule has 0 amide bonds. The highest BCUT2D eigenvalue weighted by atomic mass is 32.1. The second-order valence-corrected chi connectivity index (χ2v) is 4.96. The molecule has 0 radical (unpaired) electrons. The minimum Gasteiger partial charge on any atom is -0.335 e. The van der Waals surface area contributed by atoms with Crippen molar-refractivity contribution in [2.75, 3.05) is 0 Å². The molecule has 0 aliphatic heterocycles. The molecule has 2 heterocycles. The van der Waals surface area contributed by atoms with Crippen molar-refractivity contribution in [2.24, 2.45) is 0 Å². The van der Waals surface area contributed by atoms with Crippen molar-refractivity contribution < 1.29 is 4.39 Å². The number of nitrogens with one attached hydrogen (secondary N) is 1. The van der Waals surface area contributed by atoms with Gasteiger partial charge in [-0.05, 0) is 37.3 Å². The Morgan fingerprint density at radius 2 is 2.32 bits per heavy atom. The van der Waals surface area contributed by atoms with Gasteiger partial charge in [-0.25, -0.2) is 9.37 Å². The summed E-state index contributed by atoms with van der Waals surface area (Å²) in [6, 6.07) is 4.75. The maximum atomic E-state index is 13.4. The number of halogens is 1. The molecule has 3 rings (SSSR count). The highest BCUT2D eigenvalue weighted by Gasteiger charge is 2.12. The van der Waals surface area contributed by atoms with Crippen LogP contribution in [0.2, 0.25) is 0 Å². The van der Waals surface area contributed by atoms with Crippen molar-refractivity contribution in [3.8, 4) is 0 Å². The van der Waals surface area contributed by atoms with E-state index in [9.17, 15) is 4.39 Å². The van der Waals surface area contributed by atoms with Crippen LogP contribution in [-0.2, 0) is 6.54 Å². The summed E-state index contributed by atoms with van der Waals surface area (Å²) in [5.74, 6) is -0.259. The molecule has 19 heavy (non-hydrogen) atoms. The van der Waals surface area contributed by atoms with Crippen LogP contribution in [0.25, 0.3) is 11.0 Å². The molecule has 0 aliphatic carbocycles. The number of H-pyrrole nitrogens is 1. The van der Waals surface area contributed by atoms with E-state index in [1.54, 1.807) is 18.6 Å².